The molecule has 2 aromatic heterocycles. The molecule has 2 aromatic rings. The molecule has 0 saturated carbocycles. The van der Waals surface area contributed by atoms with E-state index in [0.717, 1.165) is 53.2 Å². The van der Waals surface area contributed by atoms with Gasteiger partial charge in [0.25, 0.3) is 11.8 Å². The van der Waals surface area contributed by atoms with Crippen molar-refractivity contribution in [1.29, 1.82) is 5.26 Å². The maximum absolute atomic E-state index is 12.5. The highest BCUT2D eigenvalue weighted by atomic mass is 32.1. The number of carbonyl (C=O) groups excluding carboxylic acids is 2. The molecule has 1 aliphatic carbocycles. The van der Waals surface area contributed by atoms with Gasteiger partial charge in [-0.3, -0.25) is 19.8 Å². The van der Waals surface area contributed by atoms with E-state index < -0.39 is 11.8 Å². The minimum absolute atomic E-state index is 0.0485. The zero-order valence-corrected chi connectivity index (χ0v) is 18.1. The molecule has 1 aliphatic heterocycles. The zero-order valence-electron chi connectivity index (χ0n) is 16.5. The summed E-state index contributed by atoms with van der Waals surface area (Å²) in [7, 11) is 1.54. The molecule has 3 heterocycles. The number of nitrogens with zero attached hydrogens (tertiary/aromatic N) is 3. The maximum Gasteiger partial charge on any atom is 0.265 e. The van der Waals surface area contributed by atoms with Crippen molar-refractivity contribution in [2.45, 2.75) is 39.5 Å². The molecule has 29 heavy (non-hydrogen) atoms. The van der Waals surface area contributed by atoms with Crippen LogP contribution in [0, 0.1) is 25.2 Å². The summed E-state index contributed by atoms with van der Waals surface area (Å²) in [6.45, 7) is 3.91. The monoisotopic (exact) mass is 424 g/mol. The summed E-state index contributed by atoms with van der Waals surface area (Å²) in [5.41, 5.74) is 4.61. The van der Waals surface area contributed by atoms with Crippen LogP contribution in [0.4, 0.5) is 0 Å². The summed E-state index contributed by atoms with van der Waals surface area (Å²) in [6, 6.07) is 4.35. The normalized spacial score (nSPS) is 18.1. The molecule has 1 N–H and O–H groups in total. The molecule has 2 amide bonds. The van der Waals surface area contributed by atoms with Crippen LogP contribution < -0.4 is 5.32 Å². The molecule has 0 spiro atoms. The van der Waals surface area contributed by atoms with Gasteiger partial charge in [-0.05, 0) is 75.0 Å². The number of amides is 2. The minimum Gasteiger partial charge on any atom is -0.308 e. The van der Waals surface area contributed by atoms with E-state index in [0.29, 0.717) is 0 Å². The first kappa shape index (κ1) is 19.6. The Morgan fingerprint density at radius 2 is 2.00 bits per heavy atom. The molecule has 0 bridgehead atoms. The number of fused-ring (bicyclic) bond motifs is 1. The Balaban J connectivity index is 1.82. The third-order valence-corrected chi connectivity index (χ3v) is 7.20. The fourth-order valence-corrected chi connectivity index (χ4v) is 5.60. The molecule has 6 nitrogen and oxygen atoms in total. The van der Waals surface area contributed by atoms with E-state index in [4.69, 9.17) is 12.2 Å². The van der Waals surface area contributed by atoms with Crippen LogP contribution in [0.15, 0.2) is 11.6 Å². The number of nitrogens with one attached hydrogen (secondary N) is 1. The van der Waals surface area contributed by atoms with Crippen LogP contribution in [0.5, 0.6) is 0 Å². The zero-order chi connectivity index (χ0) is 20.9. The lowest BCUT2D eigenvalue weighted by molar-refractivity contribution is -0.128. The molecule has 1 fully saturated rings. The third kappa shape index (κ3) is 3.11. The highest BCUT2D eigenvalue weighted by Crippen LogP contribution is 2.38. The Hall–Kier alpha value is -2.76. The number of hydrogen-bond donors (Lipinski definition) is 1. The van der Waals surface area contributed by atoms with Gasteiger partial charge in [-0.2, -0.15) is 5.26 Å². The van der Waals surface area contributed by atoms with Gasteiger partial charge in [-0.25, -0.2) is 0 Å². The van der Waals surface area contributed by atoms with E-state index in [2.05, 4.69) is 16.0 Å². The van der Waals surface area contributed by atoms with E-state index in [1.807, 2.05) is 19.9 Å². The summed E-state index contributed by atoms with van der Waals surface area (Å²) in [5.74, 6) is -0.917. The first-order chi connectivity index (χ1) is 13.8. The van der Waals surface area contributed by atoms with Gasteiger partial charge in [0.15, 0.2) is 5.11 Å². The number of aromatic nitrogens is 1. The molecular weight excluding hydrogens is 404 g/mol. The first-order valence-corrected chi connectivity index (χ1v) is 10.6. The topological polar surface area (TPSA) is 78.1 Å². The third-order valence-electron chi connectivity index (χ3n) is 5.54. The van der Waals surface area contributed by atoms with E-state index in [1.54, 1.807) is 17.4 Å². The van der Waals surface area contributed by atoms with E-state index in [9.17, 15) is 14.9 Å². The van der Waals surface area contributed by atoms with Gasteiger partial charge in [0.1, 0.15) is 16.6 Å². The second-order valence-electron chi connectivity index (χ2n) is 7.35. The Kier molecular flexibility index (Phi) is 4.89. The lowest BCUT2D eigenvalue weighted by Crippen LogP contribution is -2.52. The van der Waals surface area contributed by atoms with Crippen molar-refractivity contribution in [2.75, 3.05) is 7.05 Å². The van der Waals surface area contributed by atoms with Crippen molar-refractivity contribution in [3.05, 3.63) is 44.6 Å². The molecule has 1 saturated heterocycles. The van der Waals surface area contributed by atoms with Gasteiger partial charge in [-0.15, -0.1) is 11.3 Å². The van der Waals surface area contributed by atoms with Gasteiger partial charge in [0.05, 0.1) is 5.56 Å². The predicted molar refractivity (Wildman–Crippen MR) is 116 cm³/mol. The summed E-state index contributed by atoms with van der Waals surface area (Å²) in [5, 5.41) is 13.4. The van der Waals surface area contributed by atoms with Gasteiger partial charge >= 0.3 is 0 Å². The molecule has 0 unspecified atom stereocenters. The van der Waals surface area contributed by atoms with Crippen LogP contribution in [0.25, 0.3) is 11.1 Å². The number of thiocarbonyl (C=S) groups is 1. The van der Waals surface area contributed by atoms with Crippen LogP contribution in [0.2, 0.25) is 0 Å². The van der Waals surface area contributed by atoms with Crippen molar-refractivity contribution >= 4 is 46.6 Å². The van der Waals surface area contributed by atoms with Crippen molar-refractivity contribution < 1.29 is 9.59 Å². The fraction of sp³-hybridized carbons (Fsp3) is 0.333. The lowest BCUT2D eigenvalue weighted by atomic mass is 9.96. The van der Waals surface area contributed by atoms with Crippen LogP contribution in [-0.2, 0) is 22.4 Å². The summed E-state index contributed by atoms with van der Waals surface area (Å²) < 4.78 is 2.06. The van der Waals surface area contributed by atoms with Gasteiger partial charge in [0, 0.05) is 23.3 Å². The van der Waals surface area contributed by atoms with Gasteiger partial charge in [-0.1, -0.05) is 0 Å². The standard InChI is InChI=1S/C21H20N4O2S2/c1-11-8-13(9-15-18(26)23-21(28)24(3)19(15)27)12(2)25(11)20-16(10-22)14-6-4-5-7-17(14)29-20/h8-9H,4-7H2,1-3H3,(H,23,26,28)/b15-9+. The highest BCUT2D eigenvalue weighted by Gasteiger charge is 2.31. The molecule has 4 rings (SSSR count). The second-order valence-corrected chi connectivity index (χ2v) is 8.82. The second kappa shape index (κ2) is 7.25. The van der Waals surface area contributed by atoms with Crippen molar-refractivity contribution in [3.8, 4) is 11.1 Å². The van der Waals surface area contributed by atoms with E-state index >= 15 is 0 Å². The summed E-state index contributed by atoms with van der Waals surface area (Å²) in [4.78, 5) is 27.4. The average Bonchev–Trinajstić information content (AvgIpc) is 3.19. The number of aryl methyl sites for hydroxylation is 2. The molecule has 148 valence electrons. The number of likely N-dealkylation sites (N-methyl/N-ethyl adjacent to an activating group) is 1. The Morgan fingerprint density at radius 3 is 2.72 bits per heavy atom. The van der Waals surface area contributed by atoms with Gasteiger partial charge in [0.2, 0.25) is 0 Å². The molecule has 8 heteroatoms. The minimum atomic E-state index is -0.493. The van der Waals surface area contributed by atoms with Crippen LogP contribution in [0.1, 0.15) is 45.8 Å². The van der Waals surface area contributed by atoms with Crippen LogP contribution in [-0.4, -0.2) is 33.4 Å². The van der Waals surface area contributed by atoms with Crippen molar-refractivity contribution in [2.24, 2.45) is 0 Å². The number of rotatable bonds is 2. The summed E-state index contributed by atoms with van der Waals surface area (Å²) in [6.07, 6.45) is 5.85. The molecule has 0 atom stereocenters. The van der Waals surface area contributed by atoms with Crippen molar-refractivity contribution in [3.63, 3.8) is 0 Å². The van der Waals surface area contributed by atoms with Crippen LogP contribution >= 0.6 is 23.6 Å². The smallest absolute Gasteiger partial charge is 0.265 e. The van der Waals surface area contributed by atoms with Crippen molar-refractivity contribution in [1.82, 2.24) is 14.8 Å². The lowest BCUT2D eigenvalue weighted by Gasteiger charge is -2.25. The number of thiophene rings is 1. The molecule has 0 radical (unpaired) electrons. The predicted octanol–water partition coefficient (Wildman–Crippen LogP) is 3.16. The average molecular weight is 425 g/mol. The Bertz CT molecular complexity index is 1150. The van der Waals surface area contributed by atoms with E-state index in [1.165, 1.54) is 22.4 Å². The number of carbonyl (C=O) groups is 2. The van der Waals surface area contributed by atoms with Crippen LogP contribution in [0.3, 0.4) is 0 Å². The maximum atomic E-state index is 12.5. The molecular formula is C21H20N4O2S2. The first-order valence-electron chi connectivity index (χ1n) is 9.42. The highest BCUT2D eigenvalue weighted by molar-refractivity contribution is 7.80. The largest absolute Gasteiger partial charge is 0.308 e. The Morgan fingerprint density at radius 1 is 1.28 bits per heavy atom. The summed E-state index contributed by atoms with van der Waals surface area (Å²) >= 11 is 6.67. The van der Waals surface area contributed by atoms with E-state index in [-0.39, 0.29) is 10.7 Å². The fourth-order valence-electron chi connectivity index (χ4n) is 3.97. The SMILES string of the molecule is Cc1cc(/C=C2\C(=O)NC(=S)N(C)C2=O)c(C)n1-c1sc2c(c1C#N)CCCC2. The van der Waals surface area contributed by atoms with Gasteiger partial charge < -0.3 is 4.57 Å². The Labute approximate surface area is 178 Å². The quantitative estimate of drug-likeness (QED) is 0.456. The number of hydrogen-bond acceptors (Lipinski definition) is 5. The molecule has 2 aliphatic rings. The number of nitriles is 1. The molecule has 0 aromatic carbocycles.